The molecule has 4 N–H and O–H groups in total. The first-order valence-electron chi connectivity index (χ1n) is 10.6. The zero-order chi connectivity index (χ0) is 23.1. The molecule has 1 aromatic heterocycles. The molecule has 3 aliphatic rings. The number of amides is 1. The molecular weight excluding hydrogens is 480 g/mol. The van der Waals surface area contributed by atoms with E-state index in [0.29, 0.717) is 40.6 Å². The van der Waals surface area contributed by atoms with Gasteiger partial charge in [-0.25, -0.2) is 19.9 Å². The second kappa shape index (κ2) is 9.05. The zero-order valence-electron chi connectivity index (χ0n) is 17.9. The van der Waals surface area contributed by atoms with Crippen molar-refractivity contribution in [1.82, 2.24) is 29.4 Å². The van der Waals surface area contributed by atoms with Gasteiger partial charge in [-0.2, -0.15) is 0 Å². The Hall–Kier alpha value is -2.47. The van der Waals surface area contributed by atoms with Gasteiger partial charge in [0.2, 0.25) is 5.91 Å². The number of carbonyl (C=O) groups excluding carboxylic acids is 1. The van der Waals surface area contributed by atoms with Crippen molar-refractivity contribution in [2.75, 3.05) is 18.8 Å². The van der Waals surface area contributed by atoms with Crippen LogP contribution >= 0.6 is 34.7 Å². The molecule has 1 saturated heterocycles. The summed E-state index contributed by atoms with van der Waals surface area (Å²) in [5.74, 6) is 1.29. The number of imidazole rings is 1. The minimum Gasteiger partial charge on any atom is -0.382 e. The van der Waals surface area contributed by atoms with Gasteiger partial charge in [-0.1, -0.05) is 17.7 Å². The largest absolute Gasteiger partial charge is 0.382 e. The monoisotopic (exact) mass is 502 g/mol. The van der Waals surface area contributed by atoms with Crippen molar-refractivity contribution >= 4 is 56.6 Å². The summed E-state index contributed by atoms with van der Waals surface area (Å²) in [7, 11) is 0. The van der Waals surface area contributed by atoms with Crippen molar-refractivity contribution in [2.24, 2.45) is 11.7 Å². The number of aromatic nitrogens is 5. The molecule has 2 atom stereocenters. The molecule has 9 nitrogen and oxygen atoms in total. The number of hydrogen-bond acceptors (Lipinski definition) is 9. The molecule has 4 heterocycles. The summed E-state index contributed by atoms with van der Waals surface area (Å²) in [5, 5.41) is 1.24. The molecule has 0 radical (unpaired) electrons. The number of benzene rings is 1. The highest BCUT2D eigenvalue weighted by Crippen LogP contribution is 2.38. The second-order valence-corrected chi connectivity index (χ2v) is 10.8. The fourth-order valence-corrected chi connectivity index (χ4v) is 6.31. The Kier molecular flexibility index (Phi) is 6.12. The van der Waals surface area contributed by atoms with Crippen molar-refractivity contribution < 1.29 is 4.79 Å². The van der Waals surface area contributed by atoms with Gasteiger partial charge < -0.3 is 20.9 Å². The van der Waals surface area contributed by atoms with Crippen LogP contribution in [-0.4, -0.2) is 54.4 Å². The van der Waals surface area contributed by atoms with Crippen LogP contribution in [0.5, 0.6) is 0 Å². The molecule has 172 valence electrons. The van der Waals surface area contributed by atoms with Gasteiger partial charge in [-0.05, 0) is 49.6 Å². The van der Waals surface area contributed by atoms with E-state index in [9.17, 15) is 4.79 Å². The number of nitrogen functional groups attached to an aromatic ring is 1. The number of likely N-dealkylation sites (tertiary alicyclic amines) is 1. The van der Waals surface area contributed by atoms with Crippen molar-refractivity contribution in [3.63, 3.8) is 0 Å². The van der Waals surface area contributed by atoms with Crippen LogP contribution in [0, 0.1) is 5.92 Å². The number of fused-ring (bicyclic) bond motifs is 2. The number of carbonyl (C=O) groups is 1. The Morgan fingerprint density at radius 2 is 2.21 bits per heavy atom. The molecular formula is C21H23ClN8OS2. The third-order valence-corrected chi connectivity index (χ3v) is 8.13. The van der Waals surface area contributed by atoms with Crippen molar-refractivity contribution in [1.29, 1.82) is 0 Å². The Bertz CT molecular complexity index is 1290. The molecule has 12 heteroatoms. The predicted octanol–water partition coefficient (Wildman–Crippen LogP) is 3.36. The van der Waals surface area contributed by atoms with Crippen molar-refractivity contribution in [2.45, 2.75) is 41.8 Å². The first kappa shape index (κ1) is 22.3. The van der Waals surface area contributed by atoms with E-state index >= 15 is 0 Å². The molecule has 1 unspecified atom stereocenters. The van der Waals surface area contributed by atoms with Gasteiger partial charge >= 0.3 is 0 Å². The van der Waals surface area contributed by atoms with Gasteiger partial charge in [0.1, 0.15) is 0 Å². The maximum atomic E-state index is 12.3. The summed E-state index contributed by atoms with van der Waals surface area (Å²) < 4.78 is 3.73. The lowest BCUT2D eigenvalue weighted by atomic mass is 9.97. The lowest BCUT2D eigenvalue weighted by Gasteiger charge is -2.34. The van der Waals surface area contributed by atoms with Crippen LogP contribution in [0.2, 0.25) is 5.02 Å². The maximum Gasteiger partial charge on any atom is 0.239 e. The number of thiazole rings is 1. The lowest BCUT2D eigenvalue weighted by molar-refractivity contribution is -0.134. The molecule has 0 saturated carbocycles. The Balaban J connectivity index is 1.39. The van der Waals surface area contributed by atoms with E-state index < -0.39 is 6.04 Å². The van der Waals surface area contributed by atoms with Crippen LogP contribution in [0.4, 0.5) is 5.82 Å². The van der Waals surface area contributed by atoms with Crippen molar-refractivity contribution in [3.8, 4) is 11.5 Å². The van der Waals surface area contributed by atoms with Crippen LogP contribution in [0.25, 0.3) is 21.7 Å². The summed E-state index contributed by atoms with van der Waals surface area (Å²) >= 11 is 9.18. The second-order valence-electron chi connectivity index (χ2n) is 8.21. The standard InChI is InChI=1S/C21H23ClN8OS2/c1-11(23)19(31)29-7-3-4-12(8-29)9-30-10-25-17(24)15-18(30)28-20(27-15)33-21-26-14-6-2-5-13(22)16(14)32-21/h2,5-6,10-12H,3-4,7-9,23-24H2,1H3/t11-,12?/m0/s1. The number of halogens is 1. The highest BCUT2D eigenvalue weighted by Gasteiger charge is 2.27. The zero-order valence-corrected chi connectivity index (χ0v) is 20.3. The van der Waals surface area contributed by atoms with Gasteiger partial charge in [-0.15, -0.1) is 11.3 Å². The van der Waals surface area contributed by atoms with E-state index in [1.165, 1.54) is 23.1 Å². The smallest absolute Gasteiger partial charge is 0.239 e. The predicted molar refractivity (Wildman–Crippen MR) is 131 cm³/mol. The Morgan fingerprint density at radius 1 is 1.36 bits per heavy atom. The van der Waals surface area contributed by atoms with Crippen molar-refractivity contribution in [3.05, 3.63) is 29.5 Å². The quantitative estimate of drug-likeness (QED) is 0.425. The highest BCUT2D eigenvalue weighted by molar-refractivity contribution is 8.01. The van der Waals surface area contributed by atoms with E-state index in [4.69, 9.17) is 28.1 Å². The molecule has 0 aliphatic carbocycles. The average molecular weight is 503 g/mol. The summed E-state index contributed by atoms with van der Waals surface area (Å²) in [4.78, 5) is 32.5. The number of rotatable bonds is 5. The molecule has 0 bridgehead atoms. The molecule has 0 spiro atoms. The maximum absolute atomic E-state index is 12.3. The van der Waals surface area contributed by atoms with E-state index in [1.54, 1.807) is 13.3 Å². The third kappa shape index (κ3) is 4.50. The van der Waals surface area contributed by atoms with Crippen LogP contribution in [0.1, 0.15) is 19.8 Å². The number of hydrogen-bond donors (Lipinski definition) is 2. The van der Waals surface area contributed by atoms with Crippen LogP contribution in [-0.2, 0) is 11.3 Å². The van der Waals surface area contributed by atoms with Gasteiger partial charge in [-0.3, -0.25) is 4.79 Å². The van der Waals surface area contributed by atoms with Crippen LogP contribution < -0.4 is 11.5 Å². The number of anilines is 1. The topological polar surface area (TPSA) is 129 Å². The first-order valence-corrected chi connectivity index (χ1v) is 12.7. The highest BCUT2D eigenvalue weighted by atomic mass is 35.5. The first-order chi connectivity index (χ1) is 15.9. The third-order valence-electron chi connectivity index (χ3n) is 5.67. The Morgan fingerprint density at radius 3 is 3.00 bits per heavy atom. The molecule has 5 rings (SSSR count). The SMILES string of the molecule is C[C@H](N)C(=O)N1CCCC(Cn2cnc(N)c3nc(Sc4nc5cccc(Cl)c5s4)nc2-3)C1. The minimum atomic E-state index is -0.487. The van der Waals surface area contributed by atoms with Crippen LogP contribution in [0.15, 0.2) is 34.0 Å². The summed E-state index contributed by atoms with van der Waals surface area (Å²) in [6.45, 7) is 3.82. The van der Waals surface area contributed by atoms with Gasteiger partial charge in [0.15, 0.2) is 26.8 Å². The van der Waals surface area contributed by atoms with E-state index in [-0.39, 0.29) is 11.8 Å². The fourth-order valence-electron chi connectivity index (χ4n) is 4.11. The summed E-state index contributed by atoms with van der Waals surface area (Å²) in [5.41, 5.74) is 13.3. The minimum absolute atomic E-state index is 0.00648. The molecule has 3 aliphatic heterocycles. The van der Waals surface area contributed by atoms with Gasteiger partial charge in [0.25, 0.3) is 0 Å². The molecule has 2 aromatic rings. The van der Waals surface area contributed by atoms with Gasteiger partial charge in [0, 0.05) is 19.6 Å². The number of nitrogens with zero attached hydrogens (tertiary/aromatic N) is 6. The van der Waals surface area contributed by atoms with E-state index in [2.05, 4.69) is 15.0 Å². The van der Waals surface area contributed by atoms with Crippen LogP contribution in [0.3, 0.4) is 0 Å². The summed E-state index contributed by atoms with van der Waals surface area (Å²) in [6.07, 6.45) is 3.66. The molecule has 33 heavy (non-hydrogen) atoms. The van der Waals surface area contributed by atoms with E-state index in [0.717, 1.165) is 33.9 Å². The molecule has 1 amide bonds. The number of piperidine rings is 1. The normalized spacial score (nSPS) is 17.7. The summed E-state index contributed by atoms with van der Waals surface area (Å²) in [6, 6.07) is 5.19. The lowest BCUT2D eigenvalue weighted by Crippen LogP contribution is -2.47. The van der Waals surface area contributed by atoms with Gasteiger partial charge in [0.05, 0.1) is 27.6 Å². The fraction of sp³-hybridized carbons (Fsp3) is 0.381. The van der Waals surface area contributed by atoms with E-state index in [1.807, 2.05) is 27.7 Å². The molecule has 1 fully saturated rings. The number of nitrogens with two attached hydrogens (primary N) is 2. The Labute approximate surface area is 203 Å². The average Bonchev–Trinajstić information content (AvgIpc) is 3.41. The molecule has 1 aromatic carbocycles.